The van der Waals surface area contributed by atoms with Gasteiger partial charge < -0.3 is 28.4 Å². The van der Waals surface area contributed by atoms with E-state index in [4.69, 9.17) is 28.4 Å². The van der Waals surface area contributed by atoms with E-state index in [1.165, 1.54) is 6.92 Å². The number of hydrogen-bond acceptors (Lipinski definition) is 10. The minimum absolute atomic E-state index is 0.157. The molecule has 4 atom stereocenters. The van der Waals surface area contributed by atoms with Crippen molar-refractivity contribution in [3.63, 3.8) is 0 Å². The minimum atomic E-state index is -1.95. The molecule has 10 nitrogen and oxygen atoms in total. The van der Waals surface area contributed by atoms with Crippen LogP contribution in [0.4, 0.5) is 0 Å². The molecule has 1 fully saturated rings. The Morgan fingerprint density at radius 3 is 1.97 bits per heavy atom. The minimum Gasteiger partial charge on any atom is -0.463 e. The lowest BCUT2D eigenvalue weighted by molar-refractivity contribution is -0.282. The molecule has 0 N–H and O–H groups in total. The topological polar surface area (TPSA) is 124 Å². The summed E-state index contributed by atoms with van der Waals surface area (Å²) >= 11 is 0. The smallest absolute Gasteiger partial charge is 0.305 e. The highest BCUT2D eigenvalue weighted by Crippen LogP contribution is 2.39. The van der Waals surface area contributed by atoms with Crippen LogP contribution < -0.4 is 0 Å². The zero-order valence-electron chi connectivity index (χ0n) is 19.0. The Labute approximate surface area is 182 Å². The maximum absolute atomic E-state index is 11.9. The molecule has 0 bridgehead atoms. The Morgan fingerprint density at radius 2 is 1.42 bits per heavy atom. The molecule has 10 heteroatoms. The van der Waals surface area contributed by atoms with Gasteiger partial charge in [0.15, 0.2) is 6.10 Å². The van der Waals surface area contributed by atoms with Crippen LogP contribution in [0.25, 0.3) is 0 Å². The highest BCUT2D eigenvalue weighted by molar-refractivity contribution is 5.69. The van der Waals surface area contributed by atoms with Crippen molar-refractivity contribution in [3.8, 4) is 0 Å². The molecular weight excluding hydrogens is 412 g/mol. The van der Waals surface area contributed by atoms with Gasteiger partial charge in [-0.3, -0.25) is 19.2 Å². The SMILES string of the molecule is CCCCCCCCO[C@]1(OC(C)=O)[C@H](COC(C)=O)O[C@@H](OC(C)=O)[C@@H]1OC(C)=O. The molecule has 0 aromatic heterocycles. The van der Waals surface area contributed by atoms with Crippen molar-refractivity contribution in [1.29, 1.82) is 0 Å². The zero-order chi connectivity index (χ0) is 23.4. The molecule has 1 aliphatic rings. The quantitative estimate of drug-likeness (QED) is 0.180. The predicted octanol–water partition coefficient (Wildman–Crippen LogP) is 2.41. The molecule has 1 heterocycles. The van der Waals surface area contributed by atoms with E-state index in [0.717, 1.165) is 52.9 Å². The fourth-order valence-corrected chi connectivity index (χ4v) is 3.29. The van der Waals surface area contributed by atoms with Crippen LogP contribution in [-0.2, 0) is 47.6 Å². The molecule has 0 radical (unpaired) electrons. The zero-order valence-corrected chi connectivity index (χ0v) is 19.0. The maximum Gasteiger partial charge on any atom is 0.305 e. The molecule has 0 saturated carbocycles. The first-order chi connectivity index (χ1) is 14.6. The van der Waals surface area contributed by atoms with E-state index in [9.17, 15) is 19.2 Å². The van der Waals surface area contributed by atoms with Crippen LogP contribution >= 0.6 is 0 Å². The van der Waals surface area contributed by atoms with Crippen molar-refractivity contribution in [2.45, 2.75) is 97.4 Å². The number of unbranched alkanes of at least 4 members (excludes halogenated alkanes) is 5. The monoisotopic (exact) mass is 446 g/mol. The van der Waals surface area contributed by atoms with Crippen molar-refractivity contribution in [2.75, 3.05) is 13.2 Å². The first-order valence-corrected chi connectivity index (χ1v) is 10.6. The summed E-state index contributed by atoms with van der Waals surface area (Å²) in [5, 5.41) is 0. The summed E-state index contributed by atoms with van der Waals surface area (Å²) in [5.74, 6) is -4.71. The lowest BCUT2D eigenvalue weighted by atomic mass is 10.1. The van der Waals surface area contributed by atoms with Crippen LogP contribution in [0.15, 0.2) is 0 Å². The van der Waals surface area contributed by atoms with Crippen molar-refractivity contribution >= 4 is 23.9 Å². The number of hydrogen-bond donors (Lipinski definition) is 0. The largest absolute Gasteiger partial charge is 0.463 e. The van der Waals surface area contributed by atoms with E-state index in [1.54, 1.807) is 0 Å². The molecule has 1 rings (SSSR count). The van der Waals surface area contributed by atoms with Gasteiger partial charge in [-0.15, -0.1) is 0 Å². The van der Waals surface area contributed by atoms with Crippen LogP contribution in [0.1, 0.15) is 73.1 Å². The molecule has 1 aliphatic heterocycles. The summed E-state index contributed by atoms with van der Waals surface area (Å²) in [7, 11) is 0. The number of carbonyl (C=O) groups is 4. The third kappa shape index (κ3) is 8.82. The molecular formula is C21H34O10. The van der Waals surface area contributed by atoms with Gasteiger partial charge in [0.25, 0.3) is 5.79 Å². The first kappa shape index (κ1) is 26.8. The third-order valence-corrected chi connectivity index (χ3v) is 4.53. The number of carbonyl (C=O) groups excluding carboxylic acids is 4. The van der Waals surface area contributed by atoms with Gasteiger partial charge in [0.1, 0.15) is 6.61 Å². The van der Waals surface area contributed by atoms with Crippen molar-refractivity contribution in [2.24, 2.45) is 0 Å². The van der Waals surface area contributed by atoms with E-state index < -0.39 is 48.2 Å². The predicted molar refractivity (Wildman–Crippen MR) is 106 cm³/mol. The Balaban J connectivity index is 3.12. The van der Waals surface area contributed by atoms with Gasteiger partial charge in [0.2, 0.25) is 12.4 Å². The Kier molecular flexibility index (Phi) is 11.5. The third-order valence-electron chi connectivity index (χ3n) is 4.53. The lowest BCUT2D eigenvalue weighted by Crippen LogP contribution is -2.57. The van der Waals surface area contributed by atoms with Gasteiger partial charge in [-0.25, -0.2) is 0 Å². The summed E-state index contributed by atoms with van der Waals surface area (Å²) in [6.07, 6.45) is 1.94. The molecule has 178 valence electrons. The highest BCUT2D eigenvalue weighted by atomic mass is 16.8. The number of rotatable bonds is 13. The van der Waals surface area contributed by atoms with Gasteiger partial charge in [-0.2, -0.15) is 0 Å². The van der Waals surface area contributed by atoms with Gasteiger partial charge >= 0.3 is 23.9 Å². The summed E-state index contributed by atoms with van der Waals surface area (Å²) in [6.45, 7) is 6.58. The van der Waals surface area contributed by atoms with Crippen LogP contribution in [0.5, 0.6) is 0 Å². The number of esters is 4. The van der Waals surface area contributed by atoms with Crippen molar-refractivity contribution < 1.29 is 47.6 Å². The summed E-state index contributed by atoms with van der Waals surface area (Å²) in [4.78, 5) is 46.6. The lowest BCUT2D eigenvalue weighted by Gasteiger charge is -2.36. The van der Waals surface area contributed by atoms with Crippen LogP contribution in [0.2, 0.25) is 0 Å². The maximum atomic E-state index is 11.9. The van der Waals surface area contributed by atoms with E-state index in [-0.39, 0.29) is 13.2 Å². The van der Waals surface area contributed by atoms with Gasteiger partial charge in [-0.1, -0.05) is 39.0 Å². The normalized spacial score (nSPS) is 25.0. The van der Waals surface area contributed by atoms with E-state index in [0.29, 0.717) is 6.42 Å². The average Bonchev–Trinajstić information content (AvgIpc) is 2.90. The summed E-state index contributed by atoms with van der Waals surface area (Å²) in [6, 6.07) is 0. The Bertz CT molecular complexity index is 619. The molecule has 0 aliphatic carbocycles. The second-order valence-corrected chi connectivity index (χ2v) is 7.37. The molecule has 0 spiro atoms. The van der Waals surface area contributed by atoms with Gasteiger partial charge in [0, 0.05) is 27.7 Å². The highest BCUT2D eigenvalue weighted by Gasteiger charge is 2.65. The first-order valence-electron chi connectivity index (χ1n) is 10.6. The molecule has 0 unspecified atom stereocenters. The van der Waals surface area contributed by atoms with Gasteiger partial charge in [0.05, 0.1) is 6.61 Å². The van der Waals surface area contributed by atoms with E-state index >= 15 is 0 Å². The fraction of sp³-hybridized carbons (Fsp3) is 0.810. The average molecular weight is 446 g/mol. The fourth-order valence-electron chi connectivity index (χ4n) is 3.29. The molecule has 31 heavy (non-hydrogen) atoms. The van der Waals surface area contributed by atoms with E-state index in [2.05, 4.69) is 6.92 Å². The Morgan fingerprint density at radius 1 is 0.806 bits per heavy atom. The second-order valence-electron chi connectivity index (χ2n) is 7.37. The molecule has 0 aromatic rings. The van der Waals surface area contributed by atoms with Crippen molar-refractivity contribution in [3.05, 3.63) is 0 Å². The summed E-state index contributed by atoms with van der Waals surface area (Å²) < 4.78 is 32.5. The van der Waals surface area contributed by atoms with Crippen LogP contribution in [0, 0.1) is 0 Å². The summed E-state index contributed by atoms with van der Waals surface area (Å²) in [5.41, 5.74) is 0. The van der Waals surface area contributed by atoms with Crippen LogP contribution in [-0.4, -0.2) is 61.4 Å². The van der Waals surface area contributed by atoms with Gasteiger partial charge in [-0.05, 0) is 6.42 Å². The van der Waals surface area contributed by atoms with Crippen LogP contribution in [0.3, 0.4) is 0 Å². The van der Waals surface area contributed by atoms with E-state index in [1.807, 2.05) is 0 Å². The van der Waals surface area contributed by atoms with Crippen molar-refractivity contribution in [1.82, 2.24) is 0 Å². The molecule has 1 saturated heterocycles. The second kappa shape index (κ2) is 13.3. The number of ether oxygens (including phenoxy) is 6. The molecule has 0 aromatic carbocycles. The standard InChI is InChI=1S/C21H34O10/c1-6-7-8-9-10-11-12-27-21(31-17(5)25)18(13-26-14(2)22)30-20(29-16(4)24)19(21)28-15(3)23/h18-20H,6-13H2,1-5H3/t18-,19-,20+,21-/m0/s1. The Hall–Kier alpha value is -2.20. The molecule has 0 amide bonds.